The molecule has 0 spiro atoms. The molecule has 68 valence electrons. The molecule has 2 heterocycles. The van der Waals surface area contributed by atoms with Crippen LogP contribution in [0.4, 0.5) is 0 Å². The van der Waals surface area contributed by atoms with E-state index in [0.717, 1.165) is 11.0 Å². The standard InChI is InChI=1S/C8H10N4S/c1-6(2)7-10-5-11-12(7)8-9-3-4-13-8/h3-6H,1-2H3. The summed E-state index contributed by atoms with van der Waals surface area (Å²) in [4.78, 5) is 8.37. The number of rotatable bonds is 2. The molecule has 13 heavy (non-hydrogen) atoms. The zero-order valence-corrected chi connectivity index (χ0v) is 8.32. The van der Waals surface area contributed by atoms with Crippen LogP contribution in [0.1, 0.15) is 25.6 Å². The quantitative estimate of drug-likeness (QED) is 0.732. The smallest absolute Gasteiger partial charge is 0.212 e. The summed E-state index contributed by atoms with van der Waals surface area (Å²) in [5, 5.41) is 6.94. The predicted molar refractivity (Wildman–Crippen MR) is 51.1 cm³/mol. The van der Waals surface area contributed by atoms with Gasteiger partial charge in [-0.05, 0) is 0 Å². The lowest BCUT2D eigenvalue weighted by Gasteiger charge is -2.03. The molecule has 0 aliphatic carbocycles. The van der Waals surface area contributed by atoms with Gasteiger partial charge in [-0.1, -0.05) is 13.8 Å². The molecule has 0 bridgehead atoms. The maximum absolute atomic E-state index is 4.19. The molecule has 0 aliphatic heterocycles. The zero-order valence-electron chi connectivity index (χ0n) is 7.51. The highest BCUT2D eigenvalue weighted by Gasteiger charge is 2.11. The molecule has 0 fully saturated rings. The van der Waals surface area contributed by atoms with Gasteiger partial charge in [0.1, 0.15) is 12.2 Å². The third-order valence-electron chi connectivity index (χ3n) is 1.69. The third-order valence-corrected chi connectivity index (χ3v) is 2.44. The van der Waals surface area contributed by atoms with Gasteiger partial charge in [-0.25, -0.2) is 9.97 Å². The molecule has 0 atom stereocenters. The Morgan fingerprint density at radius 2 is 2.23 bits per heavy atom. The fraction of sp³-hybridized carbons (Fsp3) is 0.375. The highest BCUT2D eigenvalue weighted by molar-refractivity contribution is 7.12. The minimum absolute atomic E-state index is 0.367. The Bertz CT molecular complexity index is 377. The molecular formula is C8H10N4S. The van der Waals surface area contributed by atoms with Crippen LogP contribution in [-0.2, 0) is 0 Å². The van der Waals surface area contributed by atoms with E-state index in [4.69, 9.17) is 0 Å². The van der Waals surface area contributed by atoms with Crippen molar-refractivity contribution in [2.75, 3.05) is 0 Å². The minimum atomic E-state index is 0.367. The monoisotopic (exact) mass is 194 g/mol. The van der Waals surface area contributed by atoms with Gasteiger partial charge in [-0.2, -0.15) is 9.78 Å². The van der Waals surface area contributed by atoms with E-state index < -0.39 is 0 Å². The van der Waals surface area contributed by atoms with Gasteiger partial charge in [0.25, 0.3) is 0 Å². The Morgan fingerprint density at radius 1 is 1.38 bits per heavy atom. The lowest BCUT2D eigenvalue weighted by Crippen LogP contribution is -2.03. The second-order valence-electron chi connectivity index (χ2n) is 3.00. The van der Waals surface area contributed by atoms with Crippen molar-refractivity contribution in [2.24, 2.45) is 0 Å². The highest BCUT2D eigenvalue weighted by atomic mass is 32.1. The van der Waals surface area contributed by atoms with Crippen LogP contribution < -0.4 is 0 Å². The van der Waals surface area contributed by atoms with Crippen molar-refractivity contribution in [3.63, 3.8) is 0 Å². The molecule has 0 aliphatic rings. The first kappa shape index (κ1) is 8.37. The van der Waals surface area contributed by atoms with Crippen molar-refractivity contribution < 1.29 is 0 Å². The van der Waals surface area contributed by atoms with Gasteiger partial charge in [0.15, 0.2) is 0 Å². The number of aromatic nitrogens is 4. The molecule has 0 saturated carbocycles. The summed E-state index contributed by atoms with van der Waals surface area (Å²) in [7, 11) is 0. The van der Waals surface area contributed by atoms with Crippen molar-refractivity contribution in [3.05, 3.63) is 23.7 Å². The molecular weight excluding hydrogens is 184 g/mol. The normalized spacial score (nSPS) is 11.0. The Hall–Kier alpha value is -1.23. The number of nitrogens with zero attached hydrogens (tertiary/aromatic N) is 4. The van der Waals surface area contributed by atoms with E-state index >= 15 is 0 Å². The fourth-order valence-electron chi connectivity index (χ4n) is 1.11. The average Bonchev–Trinajstić information content (AvgIpc) is 2.74. The second-order valence-corrected chi connectivity index (χ2v) is 3.87. The van der Waals surface area contributed by atoms with Crippen LogP contribution in [0.15, 0.2) is 17.9 Å². The SMILES string of the molecule is CC(C)c1ncnn1-c1nccs1. The number of thiazole rings is 1. The van der Waals surface area contributed by atoms with Crippen LogP contribution in [0.3, 0.4) is 0 Å². The van der Waals surface area contributed by atoms with E-state index in [1.807, 2.05) is 5.38 Å². The fourth-order valence-corrected chi connectivity index (χ4v) is 1.72. The van der Waals surface area contributed by atoms with E-state index in [2.05, 4.69) is 28.9 Å². The van der Waals surface area contributed by atoms with Gasteiger partial charge in [0.2, 0.25) is 5.13 Å². The van der Waals surface area contributed by atoms with Crippen molar-refractivity contribution in [2.45, 2.75) is 19.8 Å². The molecule has 2 rings (SSSR count). The van der Waals surface area contributed by atoms with Crippen molar-refractivity contribution in [3.8, 4) is 5.13 Å². The minimum Gasteiger partial charge on any atom is -0.227 e. The van der Waals surface area contributed by atoms with Gasteiger partial charge in [-0.15, -0.1) is 11.3 Å². The van der Waals surface area contributed by atoms with Crippen LogP contribution in [0.5, 0.6) is 0 Å². The first-order valence-electron chi connectivity index (χ1n) is 4.09. The highest BCUT2D eigenvalue weighted by Crippen LogP contribution is 2.16. The maximum atomic E-state index is 4.19. The summed E-state index contributed by atoms with van der Waals surface area (Å²) < 4.78 is 1.79. The van der Waals surface area contributed by atoms with Crippen molar-refractivity contribution in [1.82, 2.24) is 19.7 Å². The van der Waals surface area contributed by atoms with E-state index in [-0.39, 0.29) is 0 Å². The topological polar surface area (TPSA) is 43.6 Å². The van der Waals surface area contributed by atoms with E-state index in [0.29, 0.717) is 5.92 Å². The maximum Gasteiger partial charge on any atom is 0.212 e. The Balaban J connectivity index is 2.46. The first-order valence-corrected chi connectivity index (χ1v) is 4.97. The summed E-state index contributed by atoms with van der Waals surface area (Å²) in [5.41, 5.74) is 0. The van der Waals surface area contributed by atoms with Crippen LogP contribution >= 0.6 is 11.3 Å². The van der Waals surface area contributed by atoms with Crippen molar-refractivity contribution in [1.29, 1.82) is 0 Å². The molecule has 0 radical (unpaired) electrons. The van der Waals surface area contributed by atoms with Gasteiger partial charge in [0.05, 0.1) is 0 Å². The third kappa shape index (κ3) is 1.47. The van der Waals surface area contributed by atoms with Crippen LogP contribution in [0.25, 0.3) is 5.13 Å². The van der Waals surface area contributed by atoms with Crippen molar-refractivity contribution >= 4 is 11.3 Å². The van der Waals surface area contributed by atoms with Gasteiger partial charge in [0, 0.05) is 17.5 Å². The van der Waals surface area contributed by atoms with Crippen LogP contribution in [0.2, 0.25) is 0 Å². The van der Waals surface area contributed by atoms with E-state index in [9.17, 15) is 0 Å². The summed E-state index contributed by atoms with van der Waals surface area (Å²) in [6, 6.07) is 0. The second kappa shape index (κ2) is 3.26. The molecule has 4 nitrogen and oxygen atoms in total. The molecule has 0 aromatic carbocycles. The molecule has 0 amide bonds. The number of hydrogen-bond acceptors (Lipinski definition) is 4. The van der Waals surface area contributed by atoms with Gasteiger partial charge >= 0.3 is 0 Å². The van der Waals surface area contributed by atoms with Gasteiger partial charge < -0.3 is 0 Å². The molecule has 0 unspecified atom stereocenters. The Labute approximate surface area is 80.3 Å². The predicted octanol–water partition coefficient (Wildman–Crippen LogP) is 1.85. The molecule has 0 N–H and O–H groups in total. The largest absolute Gasteiger partial charge is 0.227 e. The molecule has 2 aromatic rings. The lowest BCUT2D eigenvalue weighted by atomic mass is 10.2. The average molecular weight is 194 g/mol. The summed E-state index contributed by atoms with van der Waals surface area (Å²) in [6.07, 6.45) is 3.34. The zero-order chi connectivity index (χ0) is 9.26. The summed E-state index contributed by atoms with van der Waals surface area (Å²) >= 11 is 1.56. The molecule has 2 aromatic heterocycles. The number of hydrogen-bond donors (Lipinski definition) is 0. The summed E-state index contributed by atoms with van der Waals surface area (Å²) in [6.45, 7) is 4.18. The molecule has 0 saturated heterocycles. The Morgan fingerprint density at radius 3 is 2.85 bits per heavy atom. The summed E-state index contributed by atoms with van der Waals surface area (Å²) in [5.74, 6) is 1.32. The van der Waals surface area contributed by atoms with Gasteiger partial charge in [-0.3, -0.25) is 0 Å². The van der Waals surface area contributed by atoms with E-state index in [1.165, 1.54) is 0 Å². The van der Waals surface area contributed by atoms with Crippen LogP contribution in [-0.4, -0.2) is 19.7 Å². The lowest BCUT2D eigenvalue weighted by molar-refractivity contribution is 0.711. The van der Waals surface area contributed by atoms with Crippen LogP contribution in [0, 0.1) is 0 Å². The first-order chi connectivity index (χ1) is 6.29. The van der Waals surface area contributed by atoms with E-state index in [1.54, 1.807) is 28.5 Å². The Kier molecular flexibility index (Phi) is 2.10. The molecule has 5 heteroatoms.